The Morgan fingerprint density at radius 1 is 1.50 bits per heavy atom. The summed E-state index contributed by atoms with van der Waals surface area (Å²) < 4.78 is 12.4. The van der Waals surface area contributed by atoms with E-state index in [4.69, 9.17) is 5.26 Å². The van der Waals surface area contributed by atoms with E-state index in [1.54, 1.807) is 18.7 Å². The number of hydrogen-bond donors (Lipinski definition) is 0. The number of carbonyl (C=O) groups is 1. The van der Waals surface area contributed by atoms with Crippen LogP contribution in [0.2, 0.25) is 0 Å². The number of piperidine rings is 1. The molecule has 0 radical (unpaired) electrons. The van der Waals surface area contributed by atoms with Crippen molar-refractivity contribution in [2.24, 2.45) is 11.3 Å². The van der Waals surface area contributed by atoms with Crippen LogP contribution < -0.4 is 0 Å². The van der Waals surface area contributed by atoms with E-state index >= 15 is 0 Å². The van der Waals surface area contributed by atoms with E-state index in [2.05, 4.69) is 6.07 Å². The molecule has 90 valence electrons. The number of nitriles is 1. The summed E-state index contributed by atoms with van der Waals surface area (Å²) >= 11 is 0. The molecule has 0 aliphatic carbocycles. The molecule has 0 N–H and O–H groups in total. The molecule has 0 aromatic heterocycles. The van der Waals surface area contributed by atoms with Crippen LogP contribution in [0.15, 0.2) is 0 Å². The fraction of sp³-hybridized carbons (Fsp3) is 0.833. The predicted molar refractivity (Wildman–Crippen MR) is 59.3 cm³/mol. The maximum Gasteiger partial charge on any atom is 0.224 e. The first-order valence-corrected chi connectivity index (χ1v) is 5.73. The highest BCUT2D eigenvalue weighted by Crippen LogP contribution is 2.23. The average molecular weight is 226 g/mol. The molecule has 0 aromatic carbocycles. The Morgan fingerprint density at radius 3 is 2.50 bits per heavy atom. The number of rotatable bonds is 3. The lowest BCUT2D eigenvalue weighted by Gasteiger charge is -2.32. The van der Waals surface area contributed by atoms with Crippen molar-refractivity contribution in [2.45, 2.75) is 33.1 Å². The van der Waals surface area contributed by atoms with Gasteiger partial charge in [-0.3, -0.25) is 9.18 Å². The highest BCUT2D eigenvalue weighted by molar-refractivity contribution is 5.77. The van der Waals surface area contributed by atoms with E-state index in [0.717, 1.165) is 12.8 Å². The Labute approximate surface area is 96.2 Å². The summed E-state index contributed by atoms with van der Waals surface area (Å²) in [6.07, 6.45) is 1.74. The number of likely N-dealkylation sites (tertiary alicyclic amines) is 1. The van der Waals surface area contributed by atoms with Crippen LogP contribution in [-0.2, 0) is 4.79 Å². The van der Waals surface area contributed by atoms with Crippen molar-refractivity contribution in [1.82, 2.24) is 4.90 Å². The molecule has 0 atom stereocenters. The molecular weight excluding hydrogens is 207 g/mol. The van der Waals surface area contributed by atoms with Crippen LogP contribution in [0.3, 0.4) is 0 Å². The van der Waals surface area contributed by atoms with Crippen molar-refractivity contribution >= 4 is 5.91 Å². The number of hydrogen-bond acceptors (Lipinski definition) is 2. The lowest BCUT2D eigenvalue weighted by molar-refractivity contribution is -0.134. The van der Waals surface area contributed by atoms with Gasteiger partial charge in [-0.15, -0.1) is 0 Å². The Hall–Kier alpha value is -1.11. The van der Waals surface area contributed by atoms with Gasteiger partial charge in [0.1, 0.15) is 0 Å². The number of nitrogens with zero attached hydrogens (tertiary/aromatic N) is 2. The Morgan fingerprint density at radius 2 is 2.06 bits per heavy atom. The van der Waals surface area contributed by atoms with E-state index in [9.17, 15) is 9.18 Å². The van der Waals surface area contributed by atoms with E-state index in [1.165, 1.54) is 0 Å². The van der Waals surface area contributed by atoms with Crippen LogP contribution in [0.5, 0.6) is 0 Å². The SMILES string of the molecule is CC(C)(C#N)CC(=O)N1CCC(CF)CC1. The van der Waals surface area contributed by atoms with Crippen LogP contribution in [-0.4, -0.2) is 30.6 Å². The molecule has 1 heterocycles. The first-order valence-electron chi connectivity index (χ1n) is 5.73. The number of amides is 1. The van der Waals surface area contributed by atoms with Crippen LogP contribution >= 0.6 is 0 Å². The molecule has 0 unspecified atom stereocenters. The molecule has 1 saturated heterocycles. The van der Waals surface area contributed by atoms with Gasteiger partial charge in [-0.25, -0.2) is 0 Å². The van der Waals surface area contributed by atoms with E-state index < -0.39 is 5.41 Å². The van der Waals surface area contributed by atoms with Gasteiger partial charge in [-0.2, -0.15) is 5.26 Å². The molecule has 1 fully saturated rings. The van der Waals surface area contributed by atoms with Crippen molar-refractivity contribution in [3.63, 3.8) is 0 Å². The van der Waals surface area contributed by atoms with Gasteiger partial charge in [0.15, 0.2) is 0 Å². The quantitative estimate of drug-likeness (QED) is 0.740. The summed E-state index contributed by atoms with van der Waals surface area (Å²) in [6.45, 7) is 4.51. The molecule has 0 bridgehead atoms. The third kappa shape index (κ3) is 3.48. The molecule has 1 rings (SSSR count). The van der Waals surface area contributed by atoms with Crippen molar-refractivity contribution in [3.8, 4) is 6.07 Å². The van der Waals surface area contributed by atoms with Gasteiger partial charge in [-0.05, 0) is 32.6 Å². The van der Waals surface area contributed by atoms with Crippen LogP contribution in [0.25, 0.3) is 0 Å². The van der Waals surface area contributed by atoms with Gasteiger partial charge in [0, 0.05) is 19.5 Å². The van der Waals surface area contributed by atoms with Crippen molar-refractivity contribution in [1.29, 1.82) is 5.26 Å². The molecule has 0 saturated carbocycles. The van der Waals surface area contributed by atoms with E-state index in [1.807, 2.05) is 0 Å². The van der Waals surface area contributed by atoms with Crippen molar-refractivity contribution in [2.75, 3.05) is 19.8 Å². The van der Waals surface area contributed by atoms with Crippen LogP contribution in [0.4, 0.5) is 4.39 Å². The lowest BCUT2D eigenvalue weighted by atomic mass is 9.90. The molecule has 4 heteroatoms. The Kier molecular flexibility index (Phi) is 4.28. The topological polar surface area (TPSA) is 44.1 Å². The van der Waals surface area contributed by atoms with Gasteiger partial charge in [-0.1, -0.05) is 0 Å². The number of halogens is 1. The summed E-state index contributed by atoms with van der Waals surface area (Å²) in [5.74, 6) is 0.136. The summed E-state index contributed by atoms with van der Waals surface area (Å²) in [7, 11) is 0. The largest absolute Gasteiger partial charge is 0.343 e. The lowest BCUT2D eigenvalue weighted by Crippen LogP contribution is -2.40. The predicted octanol–water partition coefficient (Wildman–Crippen LogP) is 2.13. The van der Waals surface area contributed by atoms with Gasteiger partial charge in [0.2, 0.25) is 5.91 Å². The zero-order valence-corrected chi connectivity index (χ0v) is 10.0. The average Bonchev–Trinajstić information content (AvgIpc) is 2.28. The second-order valence-electron chi connectivity index (χ2n) is 5.15. The zero-order valence-electron chi connectivity index (χ0n) is 10.0. The highest BCUT2D eigenvalue weighted by Gasteiger charge is 2.27. The van der Waals surface area contributed by atoms with E-state index in [-0.39, 0.29) is 24.9 Å². The molecular formula is C12H19FN2O. The summed E-state index contributed by atoms with van der Waals surface area (Å²) in [6, 6.07) is 2.12. The molecule has 0 spiro atoms. The third-order valence-corrected chi connectivity index (χ3v) is 3.08. The number of carbonyl (C=O) groups excluding carboxylic acids is 1. The third-order valence-electron chi connectivity index (χ3n) is 3.08. The fourth-order valence-electron chi connectivity index (χ4n) is 1.87. The summed E-state index contributed by atoms with van der Waals surface area (Å²) in [4.78, 5) is 13.6. The summed E-state index contributed by atoms with van der Waals surface area (Å²) in [5, 5.41) is 8.85. The van der Waals surface area contributed by atoms with Crippen molar-refractivity contribution in [3.05, 3.63) is 0 Å². The number of alkyl halides is 1. The normalized spacial score (nSPS) is 18.2. The molecule has 3 nitrogen and oxygen atoms in total. The zero-order chi connectivity index (χ0) is 12.2. The van der Waals surface area contributed by atoms with Crippen LogP contribution in [0, 0.1) is 22.7 Å². The Balaban J connectivity index is 2.43. The van der Waals surface area contributed by atoms with Crippen LogP contribution in [0.1, 0.15) is 33.1 Å². The minimum Gasteiger partial charge on any atom is -0.343 e. The smallest absolute Gasteiger partial charge is 0.224 e. The molecule has 1 amide bonds. The van der Waals surface area contributed by atoms with E-state index in [0.29, 0.717) is 13.1 Å². The second kappa shape index (κ2) is 5.29. The molecule has 1 aliphatic rings. The standard InChI is InChI=1S/C12H19FN2O/c1-12(2,9-14)7-11(16)15-5-3-10(8-13)4-6-15/h10H,3-8H2,1-2H3. The minimum absolute atomic E-state index is 0.0175. The fourth-order valence-corrected chi connectivity index (χ4v) is 1.87. The van der Waals surface area contributed by atoms with Gasteiger partial charge in [0.25, 0.3) is 0 Å². The minimum atomic E-state index is -0.603. The maximum absolute atomic E-state index is 12.4. The Bertz CT molecular complexity index is 288. The van der Waals surface area contributed by atoms with Gasteiger partial charge in [0.05, 0.1) is 18.2 Å². The first kappa shape index (κ1) is 13.0. The first-order chi connectivity index (χ1) is 7.48. The van der Waals surface area contributed by atoms with Crippen molar-refractivity contribution < 1.29 is 9.18 Å². The van der Waals surface area contributed by atoms with Gasteiger partial charge >= 0.3 is 0 Å². The molecule has 0 aromatic rings. The molecule has 16 heavy (non-hydrogen) atoms. The maximum atomic E-state index is 12.4. The second-order valence-corrected chi connectivity index (χ2v) is 5.15. The van der Waals surface area contributed by atoms with Gasteiger partial charge < -0.3 is 4.90 Å². The summed E-state index contributed by atoms with van der Waals surface area (Å²) in [5.41, 5.74) is -0.603. The molecule has 1 aliphatic heterocycles. The monoisotopic (exact) mass is 226 g/mol. The highest BCUT2D eigenvalue weighted by atomic mass is 19.1.